The van der Waals surface area contributed by atoms with Gasteiger partial charge in [0.25, 0.3) is 5.91 Å². The topological polar surface area (TPSA) is 134 Å². The van der Waals surface area contributed by atoms with Gasteiger partial charge in [0.15, 0.2) is 5.75 Å². The van der Waals surface area contributed by atoms with E-state index in [0.717, 1.165) is 6.07 Å². The predicted molar refractivity (Wildman–Crippen MR) is 81.1 cm³/mol. The number of carbonyl (C=O) groups excluding carboxylic acids is 1. The van der Waals surface area contributed by atoms with E-state index in [0.29, 0.717) is 9.13 Å². The molecule has 0 atom stereocenters. The average Bonchev–Trinajstić information content (AvgIpc) is 2.86. The summed E-state index contributed by atoms with van der Waals surface area (Å²) >= 11 is 1.94. The maximum Gasteiger partial charge on any atom is 0.311 e. The van der Waals surface area contributed by atoms with Crippen LogP contribution in [-0.4, -0.2) is 32.3 Å². The number of aromatic nitrogens is 2. The smallest absolute Gasteiger partial charge is 0.311 e. The van der Waals surface area contributed by atoms with E-state index in [4.69, 9.17) is 0 Å². The van der Waals surface area contributed by atoms with Gasteiger partial charge in [-0.05, 0) is 34.7 Å². The summed E-state index contributed by atoms with van der Waals surface area (Å²) in [6.07, 6.45) is 2.72. The molecule has 21 heavy (non-hydrogen) atoms. The average molecular weight is 401 g/mol. The Hall–Kier alpha value is -2.50. The third-order valence-electron chi connectivity index (χ3n) is 2.40. The van der Waals surface area contributed by atoms with Crippen LogP contribution in [0.1, 0.15) is 16.1 Å². The molecule has 0 fully saturated rings. The number of aromatic hydroxyl groups is 1. The molecular formula is C11H8IN5O4. The SMILES string of the molecule is O=C(N/N=C/c1ccc(O)c([N+](=O)[O-])c1)c1[nH]ncc1I. The molecule has 1 amide bonds. The third-order valence-corrected chi connectivity index (χ3v) is 3.21. The van der Waals surface area contributed by atoms with Crippen LogP contribution in [0.2, 0.25) is 0 Å². The summed E-state index contributed by atoms with van der Waals surface area (Å²) in [6, 6.07) is 3.75. The first-order valence-electron chi connectivity index (χ1n) is 5.48. The van der Waals surface area contributed by atoms with Crippen LogP contribution in [-0.2, 0) is 0 Å². The first-order valence-corrected chi connectivity index (χ1v) is 6.56. The monoisotopic (exact) mass is 401 g/mol. The summed E-state index contributed by atoms with van der Waals surface area (Å²) in [6.45, 7) is 0. The summed E-state index contributed by atoms with van der Waals surface area (Å²) in [5.41, 5.74) is 2.45. The molecule has 1 aromatic heterocycles. The molecule has 2 aromatic rings. The number of hydrogen-bond acceptors (Lipinski definition) is 6. The lowest BCUT2D eigenvalue weighted by Crippen LogP contribution is -2.19. The number of hydrogen-bond donors (Lipinski definition) is 3. The van der Waals surface area contributed by atoms with Gasteiger partial charge in [0.1, 0.15) is 5.69 Å². The lowest BCUT2D eigenvalue weighted by Gasteiger charge is -1.98. The van der Waals surface area contributed by atoms with Crippen LogP contribution in [0.15, 0.2) is 29.5 Å². The predicted octanol–water partition coefficient (Wildman–Crippen LogP) is 1.39. The van der Waals surface area contributed by atoms with Gasteiger partial charge in [-0.3, -0.25) is 20.0 Å². The van der Waals surface area contributed by atoms with Crippen molar-refractivity contribution in [3.63, 3.8) is 0 Å². The molecule has 0 unspecified atom stereocenters. The lowest BCUT2D eigenvalue weighted by molar-refractivity contribution is -0.385. The first-order chi connectivity index (χ1) is 9.99. The number of hydrazone groups is 1. The quantitative estimate of drug-likeness (QED) is 0.308. The molecule has 0 radical (unpaired) electrons. The van der Waals surface area contributed by atoms with Gasteiger partial charge in [-0.25, -0.2) is 5.43 Å². The standard InChI is InChI=1S/C11H8IN5O4/c12-7-5-14-15-10(7)11(19)16-13-4-6-1-2-9(18)8(3-6)17(20)21/h1-5,18H,(H,14,15)(H,16,19)/b13-4+. The van der Waals surface area contributed by atoms with E-state index in [2.05, 4.69) is 20.7 Å². The highest BCUT2D eigenvalue weighted by molar-refractivity contribution is 14.1. The van der Waals surface area contributed by atoms with Gasteiger partial charge in [0.2, 0.25) is 0 Å². The van der Waals surface area contributed by atoms with Crippen molar-refractivity contribution < 1.29 is 14.8 Å². The van der Waals surface area contributed by atoms with Gasteiger partial charge in [0.05, 0.1) is 20.9 Å². The van der Waals surface area contributed by atoms with Crippen molar-refractivity contribution in [2.24, 2.45) is 5.10 Å². The lowest BCUT2D eigenvalue weighted by atomic mass is 10.2. The number of phenols is 1. The molecule has 108 valence electrons. The molecule has 0 saturated carbocycles. The summed E-state index contributed by atoms with van der Waals surface area (Å²) in [4.78, 5) is 21.7. The highest BCUT2D eigenvalue weighted by Gasteiger charge is 2.13. The number of nitrogens with one attached hydrogen (secondary N) is 2. The van der Waals surface area contributed by atoms with Gasteiger partial charge >= 0.3 is 5.69 Å². The first kappa shape index (κ1) is 14.9. The largest absolute Gasteiger partial charge is 0.502 e. The molecule has 1 heterocycles. The summed E-state index contributed by atoms with van der Waals surface area (Å²) in [5, 5.41) is 29.9. The number of aromatic amines is 1. The number of phenolic OH excluding ortho intramolecular Hbond substituents is 1. The van der Waals surface area contributed by atoms with Crippen LogP contribution in [0.25, 0.3) is 0 Å². The second kappa shape index (κ2) is 6.30. The van der Waals surface area contributed by atoms with E-state index < -0.39 is 22.3 Å². The van der Waals surface area contributed by atoms with Crippen molar-refractivity contribution in [2.75, 3.05) is 0 Å². The van der Waals surface area contributed by atoms with Crippen molar-refractivity contribution in [2.45, 2.75) is 0 Å². The molecule has 3 N–H and O–H groups in total. The number of nitrogens with zero attached hydrogens (tertiary/aromatic N) is 3. The van der Waals surface area contributed by atoms with Gasteiger partial charge < -0.3 is 5.11 Å². The zero-order chi connectivity index (χ0) is 15.4. The maximum atomic E-state index is 11.7. The van der Waals surface area contributed by atoms with Crippen molar-refractivity contribution in [3.8, 4) is 5.75 Å². The fourth-order valence-corrected chi connectivity index (χ4v) is 1.92. The number of halogens is 1. The van der Waals surface area contributed by atoms with Crippen molar-refractivity contribution in [3.05, 3.63) is 49.3 Å². The number of amides is 1. The molecule has 0 saturated heterocycles. The Morgan fingerprint density at radius 3 is 2.95 bits per heavy atom. The molecule has 10 heteroatoms. The summed E-state index contributed by atoms with van der Waals surface area (Å²) < 4.78 is 0.639. The molecule has 0 aliphatic carbocycles. The maximum absolute atomic E-state index is 11.7. The number of H-pyrrole nitrogens is 1. The van der Waals surface area contributed by atoms with Gasteiger partial charge in [-0.2, -0.15) is 10.2 Å². The number of rotatable bonds is 4. The van der Waals surface area contributed by atoms with Gasteiger partial charge in [-0.1, -0.05) is 0 Å². The number of carbonyl (C=O) groups is 1. The molecule has 0 aliphatic heterocycles. The van der Waals surface area contributed by atoms with E-state index in [-0.39, 0.29) is 5.69 Å². The fourth-order valence-electron chi connectivity index (χ4n) is 1.42. The molecule has 0 spiro atoms. The van der Waals surface area contributed by atoms with Crippen LogP contribution in [0, 0.1) is 13.7 Å². The van der Waals surface area contributed by atoms with Crippen molar-refractivity contribution in [1.29, 1.82) is 0 Å². The second-order valence-corrected chi connectivity index (χ2v) is 4.96. The molecular weight excluding hydrogens is 393 g/mol. The van der Waals surface area contributed by atoms with Crippen LogP contribution < -0.4 is 5.43 Å². The fraction of sp³-hybridized carbons (Fsp3) is 0. The Morgan fingerprint density at radius 2 is 2.33 bits per heavy atom. The normalized spacial score (nSPS) is 10.7. The zero-order valence-electron chi connectivity index (χ0n) is 10.3. The van der Waals surface area contributed by atoms with Crippen molar-refractivity contribution >= 4 is 40.4 Å². The number of benzene rings is 1. The molecule has 2 rings (SSSR count). The Bertz CT molecular complexity index is 727. The van der Waals surface area contributed by atoms with Crippen LogP contribution in [0.5, 0.6) is 5.75 Å². The van der Waals surface area contributed by atoms with Gasteiger partial charge in [0, 0.05) is 11.6 Å². The second-order valence-electron chi connectivity index (χ2n) is 3.80. The van der Waals surface area contributed by atoms with E-state index >= 15 is 0 Å². The highest BCUT2D eigenvalue weighted by Crippen LogP contribution is 2.25. The minimum Gasteiger partial charge on any atom is -0.502 e. The van der Waals surface area contributed by atoms with E-state index in [9.17, 15) is 20.0 Å². The van der Waals surface area contributed by atoms with Crippen LogP contribution >= 0.6 is 22.6 Å². The molecule has 9 nitrogen and oxygen atoms in total. The van der Waals surface area contributed by atoms with Crippen LogP contribution in [0.3, 0.4) is 0 Å². The van der Waals surface area contributed by atoms with E-state index in [1.165, 1.54) is 24.5 Å². The van der Waals surface area contributed by atoms with Crippen LogP contribution in [0.4, 0.5) is 5.69 Å². The third kappa shape index (κ3) is 3.53. The Labute approximate surface area is 131 Å². The van der Waals surface area contributed by atoms with Crippen molar-refractivity contribution in [1.82, 2.24) is 15.6 Å². The summed E-state index contributed by atoms with van der Waals surface area (Å²) in [7, 11) is 0. The summed E-state index contributed by atoms with van der Waals surface area (Å²) in [5.74, 6) is -0.922. The number of nitro benzene ring substituents is 1. The Kier molecular flexibility index (Phi) is 4.47. The number of nitro groups is 1. The zero-order valence-corrected chi connectivity index (χ0v) is 12.4. The van der Waals surface area contributed by atoms with E-state index in [1.807, 2.05) is 22.6 Å². The highest BCUT2D eigenvalue weighted by atomic mass is 127. The minimum atomic E-state index is -0.710. The molecule has 0 bridgehead atoms. The Morgan fingerprint density at radius 1 is 1.57 bits per heavy atom. The minimum absolute atomic E-state index is 0.268. The van der Waals surface area contributed by atoms with Gasteiger partial charge in [-0.15, -0.1) is 0 Å². The Balaban J connectivity index is 2.08. The molecule has 0 aliphatic rings. The molecule has 1 aromatic carbocycles. The van der Waals surface area contributed by atoms with E-state index in [1.54, 1.807) is 0 Å².